The van der Waals surface area contributed by atoms with Crippen molar-refractivity contribution in [1.82, 2.24) is 4.90 Å². The summed E-state index contributed by atoms with van der Waals surface area (Å²) in [6.45, 7) is 2.64. The van der Waals surface area contributed by atoms with Gasteiger partial charge in [0, 0.05) is 6.54 Å². The van der Waals surface area contributed by atoms with Crippen LogP contribution in [-0.4, -0.2) is 36.8 Å². The second-order valence-electron chi connectivity index (χ2n) is 2.43. The van der Waals surface area contributed by atoms with Crippen LogP contribution < -0.4 is 0 Å². The Morgan fingerprint density at radius 2 is 2.11 bits per heavy atom. The largest absolute Gasteiger partial charge is 0.389 e. The van der Waals surface area contributed by atoms with E-state index in [1.165, 1.54) is 0 Å². The molecule has 0 aromatic carbocycles. The minimum absolute atomic E-state index is 0.315. The molecule has 0 heterocycles. The summed E-state index contributed by atoms with van der Waals surface area (Å²) in [5, 5.41) is 8.76. The summed E-state index contributed by atoms with van der Waals surface area (Å²) in [4.78, 5) is 2.04. The summed E-state index contributed by atoms with van der Waals surface area (Å²) in [6.07, 6.45) is 3.41. The van der Waals surface area contributed by atoms with E-state index in [4.69, 9.17) is 5.11 Å². The highest BCUT2D eigenvalue weighted by molar-refractivity contribution is 4.87. The zero-order valence-electron chi connectivity index (χ0n) is 6.33. The van der Waals surface area contributed by atoms with Crippen LogP contribution in [-0.2, 0) is 0 Å². The molecule has 0 saturated carbocycles. The lowest BCUT2D eigenvalue weighted by molar-refractivity contribution is 0.243. The van der Waals surface area contributed by atoms with Crippen molar-refractivity contribution in [1.29, 1.82) is 0 Å². The van der Waals surface area contributed by atoms with E-state index in [2.05, 4.69) is 0 Å². The number of aliphatic hydroxyl groups excluding tert-OH is 1. The van der Waals surface area contributed by atoms with Crippen molar-refractivity contribution in [3.63, 3.8) is 0 Å². The quantitative estimate of drug-likeness (QED) is 0.560. The SMILES string of the molecule is CC(O)/C=C/CN(C)C. The topological polar surface area (TPSA) is 23.5 Å². The zero-order valence-corrected chi connectivity index (χ0v) is 6.33. The zero-order chi connectivity index (χ0) is 7.28. The van der Waals surface area contributed by atoms with E-state index in [1.54, 1.807) is 13.0 Å². The molecule has 0 radical (unpaired) electrons. The van der Waals surface area contributed by atoms with E-state index in [0.29, 0.717) is 0 Å². The molecule has 1 unspecified atom stereocenters. The predicted octanol–water partition coefficient (Wildman–Crippen LogP) is 0.485. The van der Waals surface area contributed by atoms with E-state index in [1.807, 2.05) is 25.1 Å². The van der Waals surface area contributed by atoms with Gasteiger partial charge in [0.25, 0.3) is 0 Å². The highest BCUT2D eigenvalue weighted by Crippen LogP contribution is 1.83. The standard InChI is InChI=1S/C7H15NO/c1-7(9)5-4-6-8(2)3/h4-5,7,9H,6H2,1-3H3/b5-4+. The fourth-order valence-corrected chi connectivity index (χ4v) is 0.469. The Morgan fingerprint density at radius 1 is 1.56 bits per heavy atom. The Balaban J connectivity index is 3.25. The van der Waals surface area contributed by atoms with E-state index in [-0.39, 0.29) is 6.10 Å². The molecule has 0 aromatic rings. The number of aliphatic hydroxyl groups is 1. The number of nitrogens with zero attached hydrogens (tertiary/aromatic N) is 1. The summed E-state index contributed by atoms with van der Waals surface area (Å²) in [6, 6.07) is 0. The van der Waals surface area contributed by atoms with Crippen LogP contribution in [0, 0.1) is 0 Å². The molecule has 0 spiro atoms. The first kappa shape index (κ1) is 8.66. The van der Waals surface area contributed by atoms with Crippen molar-refractivity contribution in [2.75, 3.05) is 20.6 Å². The third-order valence-electron chi connectivity index (χ3n) is 0.885. The molecule has 1 atom stereocenters. The Morgan fingerprint density at radius 3 is 2.44 bits per heavy atom. The van der Waals surface area contributed by atoms with Crippen LogP contribution >= 0.6 is 0 Å². The third-order valence-corrected chi connectivity index (χ3v) is 0.885. The molecule has 1 N–H and O–H groups in total. The van der Waals surface area contributed by atoms with Crippen molar-refractivity contribution < 1.29 is 5.11 Å². The molecule has 0 saturated heterocycles. The van der Waals surface area contributed by atoms with Crippen molar-refractivity contribution in [2.24, 2.45) is 0 Å². The molecule has 0 amide bonds. The minimum atomic E-state index is -0.315. The maximum Gasteiger partial charge on any atom is 0.0693 e. The summed E-state index contributed by atoms with van der Waals surface area (Å²) in [5.74, 6) is 0. The smallest absolute Gasteiger partial charge is 0.0693 e. The minimum Gasteiger partial charge on any atom is -0.389 e. The maximum absolute atomic E-state index is 8.76. The van der Waals surface area contributed by atoms with Gasteiger partial charge >= 0.3 is 0 Å². The van der Waals surface area contributed by atoms with Gasteiger partial charge in [0.15, 0.2) is 0 Å². The van der Waals surface area contributed by atoms with Crippen LogP contribution in [0.3, 0.4) is 0 Å². The predicted molar refractivity (Wildman–Crippen MR) is 39.4 cm³/mol. The van der Waals surface area contributed by atoms with Crippen molar-refractivity contribution >= 4 is 0 Å². The molecule has 0 aliphatic heterocycles. The van der Waals surface area contributed by atoms with Gasteiger partial charge in [-0.3, -0.25) is 0 Å². The van der Waals surface area contributed by atoms with Crippen LogP contribution in [0.15, 0.2) is 12.2 Å². The molecule has 0 fully saturated rings. The second kappa shape index (κ2) is 4.53. The first-order valence-electron chi connectivity index (χ1n) is 3.12. The normalized spacial score (nSPS) is 15.2. The van der Waals surface area contributed by atoms with Gasteiger partial charge in [-0.2, -0.15) is 0 Å². The lowest BCUT2D eigenvalue weighted by Gasteiger charge is -2.03. The maximum atomic E-state index is 8.76. The molecular weight excluding hydrogens is 114 g/mol. The molecule has 0 rings (SSSR count). The van der Waals surface area contributed by atoms with E-state index < -0.39 is 0 Å². The monoisotopic (exact) mass is 129 g/mol. The summed E-state index contributed by atoms with van der Waals surface area (Å²) in [7, 11) is 3.98. The molecule has 0 aromatic heterocycles. The molecular formula is C7H15NO. The first-order valence-corrected chi connectivity index (χ1v) is 3.12. The average molecular weight is 129 g/mol. The van der Waals surface area contributed by atoms with Gasteiger partial charge in [0.2, 0.25) is 0 Å². The van der Waals surface area contributed by atoms with Crippen LogP contribution in [0.2, 0.25) is 0 Å². The summed E-state index contributed by atoms with van der Waals surface area (Å²) < 4.78 is 0. The molecule has 9 heavy (non-hydrogen) atoms. The van der Waals surface area contributed by atoms with E-state index in [0.717, 1.165) is 6.54 Å². The number of rotatable bonds is 3. The Labute approximate surface area is 56.8 Å². The highest BCUT2D eigenvalue weighted by Gasteiger charge is 1.85. The average Bonchev–Trinajstić information content (AvgIpc) is 1.63. The van der Waals surface area contributed by atoms with Crippen LogP contribution in [0.25, 0.3) is 0 Å². The Bertz CT molecular complexity index is 86.9. The van der Waals surface area contributed by atoms with Crippen LogP contribution in [0.5, 0.6) is 0 Å². The number of hydrogen-bond donors (Lipinski definition) is 1. The van der Waals surface area contributed by atoms with Crippen molar-refractivity contribution in [2.45, 2.75) is 13.0 Å². The first-order chi connectivity index (χ1) is 4.13. The lowest BCUT2D eigenvalue weighted by atomic mass is 10.3. The molecule has 2 heteroatoms. The molecule has 0 aliphatic rings. The van der Waals surface area contributed by atoms with Crippen molar-refractivity contribution in [3.05, 3.63) is 12.2 Å². The molecule has 0 bridgehead atoms. The third kappa shape index (κ3) is 7.66. The van der Waals surface area contributed by atoms with Crippen LogP contribution in [0.4, 0.5) is 0 Å². The molecule has 0 aliphatic carbocycles. The molecule has 2 nitrogen and oxygen atoms in total. The van der Waals surface area contributed by atoms with E-state index in [9.17, 15) is 0 Å². The number of likely N-dealkylation sites (N-methyl/N-ethyl adjacent to an activating group) is 1. The van der Waals surface area contributed by atoms with E-state index >= 15 is 0 Å². The second-order valence-corrected chi connectivity index (χ2v) is 2.43. The van der Waals surface area contributed by atoms with Crippen molar-refractivity contribution in [3.8, 4) is 0 Å². The fraction of sp³-hybridized carbons (Fsp3) is 0.714. The van der Waals surface area contributed by atoms with Gasteiger partial charge in [-0.15, -0.1) is 0 Å². The molecule has 54 valence electrons. The fourth-order valence-electron chi connectivity index (χ4n) is 0.469. The van der Waals surface area contributed by atoms with Gasteiger partial charge in [-0.05, 0) is 21.0 Å². The van der Waals surface area contributed by atoms with Gasteiger partial charge in [-0.25, -0.2) is 0 Å². The van der Waals surface area contributed by atoms with Gasteiger partial charge < -0.3 is 10.0 Å². The van der Waals surface area contributed by atoms with Gasteiger partial charge in [0.1, 0.15) is 0 Å². The van der Waals surface area contributed by atoms with Gasteiger partial charge in [-0.1, -0.05) is 12.2 Å². The summed E-state index contributed by atoms with van der Waals surface area (Å²) >= 11 is 0. The summed E-state index contributed by atoms with van der Waals surface area (Å²) in [5.41, 5.74) is 0. The van der Waals surface area contributed by atoms with Gasteiger partial charge in [0.05, 0.1) is 6.10 Å². The highest BCUT2D eigenvalue weighted by atomic mass is 16.3. The number of hydrogen-bond acceptors (Lipinski definition) is 2. The Hall–Kier alpha value is -0.340. The van der Waals surface area contributed by atoms with Crippen LogP contribution in [0.1, 0.15) is 6.92 Å². The lowest BCUT2D eigenvalue weighted by Crippen LogP contribution is -2.11. The Kier molecular flexibility index (Phi) is 4.36.